The van der Waals surface area contributed by atoms with E-state index in [1.165, 1.54) is 0 Å². The Morgan fingerprint density at radius 2 is 0.486 bits per heavy atom. The number of carbonyl (C=O) groups is 1. The summed E-state index contributed by atoms with van der Waals surface area (Å²) < 4.78 is 136. The van der Waals surface area contributed by atoms with E-state index in [2.05, 4.69) is 249 Å². The minimum atomic E-state index is -2.38. The van der Waals surface area contributed by atoms with Gasteiger partial charge in [-0.1, -0.05) is 20.4 Å². The van der Waals surface area contributed by atoms with Gasteiger partial charge >= 0.3 is 65.9 Å². The lowest BCUT2D eigenvalue weighted by Gasteiger charge is -2.40. The molecule has 0 aromatic rings. The molecule has 0 bridgehead atoms. The second-order valence-electron chi connectivity index (χ2n) is 44.7. The van der Waals surface area contributed by atoms with E-state index < -0.39 is 191 Å². The average Bonchev–Trinajstić information content (AvgIpc) is 0.812. The van der Waals surface area contributed by atoms with Crippen molar-refractivity contribution in [2.24, 2.45) is 0 Å². The zero-order chi connectivity index (χ0) is 113. The van der Waals surface area contributed by atoms with Gasteiger partial charge in [0.2, 0.25) is 0 Å². The van der Waals surface area contributed by atoms with Gasteiger partial charge in [0.15, 0.2) is 103 Å². The first-order valence-electron chi connectivity index (χ1n) is 53.0. The Balaban J connectivity index is -0.000000317. The zero-order valence-electron chi connectivity index (χ0n) is 99.1. The van der Waals surface area contributed by atoms with Crippen LogP contribution in [0.5, 0.6) is 0 Å². The molecular formula is C89H228O35Si20. The van der Waals surface area contributed by atoms with E-state index in [0.29, 0.717) is 98.1 Å². The summed E-state index contributed by atoms with van der Waals surface area (Å²) in [4.78, 5) is 11.7. The Hall–Kier alpha value is 2.23. The number of esters is 1. The molecule has 0 spiro atoms. The van der Waals surface area contributed by atoms with Crippen LogP contribution < -0.4 is 0 Å². The van der Waals surface area contributed by atoms with Gasteiger partial charge in [-0.15, -0.1) is 0 Å². The standard InChI is InChI=1S/C22H48O8Si3.C18H44O8Si3.C17H42O7Si3.C16H40O6Si3.C6H20O4Si4.2C4H14OSi2.C2H6/c1-21(2)22(25)28-15-10-20-33(7,19-9-14-27-17-12-24)30-32(5,6)29-31(3,4)18-8-13-26-16-11-23;1-27(2,11-7-9-23-15-17(21)13-19)25-29(5,6)26-28(3,4)12-8-10-24-16-18(22)14-20;1-25(2,13-7-10-21-12-9-18)23-27(5,6)24-26(3,4)14-8-11-22-16-17(20)15-19;1-23(2,15-7-11-19-13-9-17)21-25(5,6)22-24(3,4)16-8-12-20-14-10-18;1-12(2)7-11-8-13(3,4)10-14(5,6)9-12;2*1-6(2)5-7(3)4;1-2/h23-24H,1,8-20H2,2-7H3;17-22H,7-16H2,1-6H3;17-20H,7-16H2,1-6H3;17-18H,7-16H2,1-6H3;11H2,1-6H3;2*6-7H,1-4H3;1-2H3. The fourth-order valence-corrected chi connectivity index (χ4v) is 95.9. The van der Waals surface area contributed by atoms with Crippen molar-refractivity contribution in [3.8, 4) is 0 Å². The molecule has 0 radical (unpaired) electrons. The Morgan fingerprint density at radius 3 is 0.667 bits per heavy atom. The van der Waals surface area contributed by atoms with Gasteiger partial charge in [-0.05, 0) is 361 Å². The summed E-state index contributed by atoms with van der Waals surface area (Å²) in [5, 5.41) is 98.1. The molecule has 0 aromatic carbocycles. The third-order valence-electron chi connectivity index (χ3n) is 19.7. The number of hydrogen-bond donors (Lipinski definition) is 11. The Labute approximate surface area is 903 Å². The van der Waals surface area contributed by atoms with Crippen molar-refractivity contribution in [3.05, 3.63) is 12.2 Å². The molecule has 35 nitrogen and oxygen atoms in total. The van der Waals surface area contributed by atoms with E-state index >= 15 is 0 Å². The predicted octanol–water partition coefficient (Wildman–Crippen LogP) is 14.8. The van der Waals surface area contributed by atoms with Crippen molar-refractivity contribution in [1.82, 2.24) is 0 Å². The lowest BCUT2D eigenvalue weighted by molar-refractivity contribution is -0.139. The largest absolute Gasteiger partial charge is 0.462 e. The summed E-state index contributed by atoms with van der Waals surface area (Å²) in [5.41, 5.74) is 0.406. The molecule has 4 unspecified atom stereocenters. The molecule has 1 aliphatic heterocycles. The maximum atomic E-state index is 11.7. The Morgan fingerprint density at radius 1 is 0.299 bits per heavy atom. The second-order valence-corrected chi connectivity index (χ2v) is 118. The lowest BCUT2D eigenvalue weighted by Crippen LogP contribution is -2.58. The van der Waals surface area contributed by atoms with Crippen molar-refractivity contribution in [2.75, 3.05) is 165 Å². The summed E-state index contributed by atoms with van der Waals surface area (Å²) in [6.07, 6.45) is 5.57. The number of carbonyl (C=O) groups excluding carboxylic acids is 1. The van der Waals surface area contributed by atoms with Crippen LogP contribution in [0.4, 0.5) is 0 Å². The van der Waals surface area contributed by atoms with Gasteiger partial charge < -0.3 is 156 Å². The minimum absolute atomic E-state index is 0.0256. The van der Waals surface area contributed by atoms with Gasteiger partial charge in [0.25, 0.3) is 10.0 Å². The number of hydrogen-bond acceptors (Lipinski definition) is 35. The first-order chi connectivity index (χ1) is 66.0. The maximum absolute atomic E-state index is 11.7. The minimum Gasteiger partial charge on any atom is -0.462 e. The Kier molecular flexibility index (Phi) is 96.2. The van der Waals surface area contributed by atoms with E-state index in [-0.39, 0.29) is 78.6 Å². The summed E-state index contributed by atoms with van der Waals surface area (Å²) >= 11 is 0. The fraction of sp³-hybridized carbons (Fsp3) is 0.966. The number of aliphatic hydroxyl groups is 11. The quantitative estimate of drug-likeness (QED) is 0.0117. The van der Waals surface area contributed by atoms with Crippen LogP contribution in [-0.2, 0) is 105 Å². The molecule has 0 saturated carbocycles. The molecule has 0 aromatic heterocycles. The number of aliphatic hydroxyl groups excluding tert-OH is 11. The third kappa shape index (κ3) is 111. The van der Waals surface area contributed by atoms with Crippen LogP contribution in [0.3, 0.4) is 0 Å². The van der Waals surface area contributed by atoms with Crippen molar-refractivity contribution >= 4 is 179 Å². The van der Waals surface area contributed by atoms with Crippen molar-refractivity contribution < 1.29 is 161 Å². The van der Waals surface area contributed by atoms with Crippen LogP contribution >= 0.6 is 0 Å². The summed E-state index contributed by atoms with van der Waals surface area (Å²) in [6.45, 7) is 96.8. The van der Waals surface area contributed by atoms with E-state index in [1.807, 2.05) is 13.8 Å². The highest BCUT2D eigenvalue weighted by Crippen LogP contribution is 2.34. The van der Waals surface area contributed by atoms with Gasteiger partial charge in [0.1, 0.15) is 18.3 Å². The third-order valence-corrected chi connectivity index (χ3v) is 89.7. The van der Waals surface area contributed by atoms with Crippen LogP contribution in [0.2, 0.25) is 297 Å². The van der Waals surface area contributed by atoms with E-state index in [4.69, 9.17) is 141 Å². The van der Waals surface area contributed by atoms with Gasteiger partial charge in [0.05, 0.1) is 112 Å². The highest BCUT2D eigenvalue weighted by atomic mass is 28.5. The SMILES string of the molecule is C=C(C)C(=O)OCCC[Si](C)(CCCOCCO)O[Si](C)(C)O[Si](C)(C)CCCOCCO.CC.C[SiH](C)O[SiH](C)C.C[SiH](C)O[SiH](C)C.C[Si](C)(CCCOCC(O)CO)O[Si](C)(C)O[Si](C)(C)CCCOCC(O)CO.C[Si](C)(CCCOCCO)O[Si](C)(C)O[Si](C)(C)CCCOCC(O)CO.C[Si](C)(CCCOCCO)O[Si](C)(C)O[Si](C)(C)CCCOCCO.C[Si]1(C)O[SiH2]O[Si](C)(C)O[Si](C)(C)O1. The van der Waals surface area contributed by atoms with Crippen molar-refractivity contribution in [1.29, 1.82) is 0 Å². The van der Waals surface area contributed by atoms with Crippen LogP contribution in [0.25, 0.3) is 0 Å². The van der Waals surface area contributed by atoms with Crippen molar-refractivity contribution in [2.45, 2.75) is 394 Å². The first kappa shape index (κ1) is 159. The summed E-state index contributed by atoms with van der Waals surface area (Å²) in [5.74, 6) is -0.356. The van der Waals surface area contributed by atoms with Crippen LogP contribution in [0, 0.1) is 0 Å². The smallest absolute Gasteiger partial charge is 0.333 e. The zero-order valence-corrected chi connectivity index (χ0v) is 120. The normalized spacial score (nSPS) is 15.5. The first-order valence-corrected chi connectivity index (χ1v) is 110. The van der Waals surface area contributed by atoms with Gasteiger partial charge in [-0.3, -0.25) is 0 Å². The second kappa shape index (κ2) is 87.1. The summed E-state index contributed by atoms with van der Waals surface area (Å²) in [6, 6.07) is 8.72. The maximum Gasteiger partial charge on any atom is 0.333 e. The molecule has 1 rings (SSSR count). The summed E-state index contributed by atoms with van der Waals surface area (Å²) in [7, 11) is -33.7. The highest BCUT2D eigenvalue weighted by molar-refractivity contribution is 6.91. The van der Waals surface area contributed by atoms with Crippen LogP contribution in [0.1, 0.15) is 78.6 Å². The molecule has 55 heteroatoms. The van der Waals surface area contributed by atoms with Crippen LogP contribution in [-0.4, -0.2) is 418 Å². The lowest BCUT2D eigenvalue weighted by atomic mass is 10.4. The Bertz CT molecular complexity index is 2880. The van der Waals surface area contributed by atoms with E-state index in [1.54, 1.807) is 6.92 Å². The molecule has 11 N–H and O–H groups in total. The number of ether oxygens (including phenoxy) is 9. The number of rotatable bonds is 76. The van der Waals surface area contributed by atoms with Crippen LogP contribution in [0.15, 0.2) is 12.2 Å². The van der Waals surface area contributed by atoms with Gasteiger partial charge in [-0.2, -0.15) is 0 Å². The van der Waals surface area contributed by atoms with E-state index in [9.17, 15) is 20.1 Å². The molecule has 1 aliphatic rings. The highest BCUT2D eigenvalue weighted by Gasteiger charge is 2.47. The molecule has 0 aliphatic carbocycles. The topological polar surface area (TPSA) is 452 Å². The molecule has 0 amide bonds. The predicted molar refractivity (Wildman–Crippen MR) is 639 cm³/mol. The van der Waals surface area contributed by atoms with Gasteiger partial charge in [-0.25, -0.2) is 4.79 Å². The van der Waals surface area contributed by atoms with Crippen molar-refractivity contribution in [3.63, 3.8) is 0 Å². The molecular weight excluding hydrogens is 2190 g/mol. The molecule has 144 heavy (non-hydrogen) atoms. The fourth-order valence-electron chi connectivity index (χ4n) is 15.7. The molecule has 1 saturated heterocycles. The average molecular weight is 2420 g/mol. The monoisotopic (exact) mass is 2420 g/mol. The van der Waals surface area contributed by atoms with Gasteiger partial charge in [0, 0.05) is 58.4 Å². The van der Waals surface area contributed by atoms with E-state index in [0.717, 1.165) is 112 Å². The molecule has 874 valence electrons. The molecule has 1 heterocycles. The molecule has 1 fully saturated rings. The molecule has 4 atom stereocenters.